The summed E-state index contributed by atoms with van der Waals surface area (Å²) in [4.78, 5) is 17.6. The molecule has 7 heteroatoms. The lowest BCUT2D eigenvalue weighted by atomic mass is 9.99. The van der Waals surface area contributed by atoms with E-state index >= 15 is 0 Å². The normalized spacial score (nSPS) is 13.2. The van der Waals surface area contributed by atoms with Crippen molar-refractivity contribution in [1.82, 2.24) is 4.90 Å². The van der Waals surface area contributed by atoms with Crippen molar-refractivity contribution >= 4 is 23.4 Å². The summed E-state index contributed by atoms with van der Waals surface area (Å²) in [7, 11) is 7.44. The fourth-order valence-electron chi connectivity index (χ4n) is 3.61. The summed E-state index contributed by atoms with van der Waals surface area (Å²) in [5, 5.41) is 6.38. The molecule has 2 rings (SSSR count). The number of carbonyl (C=O) groups is 1. The first-order valence-electron chi connectivity index (χ1n) is 10.6. The Morgan fingerprint density at radius 3 is 2.41 bits per heavy atom. The molecule has 0 saturated heterocycles. The number of hydrogen-bond acceptors (Lipinski definition) is 6. The van der Waals surface area contributed by atoms with Crippen LogP contribution in [0.3, 0.4) is 0 Å². The number of halogens is 1. The number of hydrogen-bond donors (Lipinski definition) is 2. The van der Waals surface area contributed by atoms with E-state index in [1.807, 2.05) is 34.1 Å². The van der Waals surface area contributed by atoms with Gasteiger partial charge < -0.3 is 20.2 Å². The molecular weight excluding hydrogens is 407 g/mol. The van der Waals surface area contributed by atoms with E-state index in [0.29, 0.717) is 12.3 Å². The van der Waals surface area contributed by atoms with Gasteiger partial charge in [-0.2, -0.15) is 0 Å². The Morgan fingerprint density at radius 2 is 1.84 bits per heavy atom. The van der Waals surface area contributed by atoms with Crippen LogP contribution >= 0.6 is 0 Å². The molecule has 6 nitrogen and oxygen atoms in total. The van der Waals surface area contributed by atoms with Crippen LogP contribution in [-0.2, 0) is 16.0 Å². The second kappa shape index (κ2) is 12.7. The largest absolute Gasteiger partial charge is 0.386 e. The third kappa shape index (κ3) is 6.48. The minimum atomic E-state index is -0.477. The van der Waals surface area contributed by atoms with E-state index in [9.17, 15) is 9.18 Å². The van der Waals surface area contributed by atoms with Crippen molar-refractivity contribution in [3.63, 3.8) is 0 Å². The number of carbonyl (C=O) groups excluding carboxylic acids is 1. The second-order valence-corrected chi connectivity index (χ2v) is 7.29. The van der Waals surface area contributed by atoms with Crippen LogP contribution < -0.4 is 10.6 Å². The highest BCUT2D eigenvalue weighted by Gasteiger charge is 2.24. The van der Waals surface area contributed by atoms with Gasteiger partial charge in [0.15, 0.2) is 0 Å². The van der Waals surface area contributed by atoms with Gasteiger partial charge in [-0.1, -0.05) is 12.1 Å². The van der Waals surface area contributed by atoms with E-state index in [4.69, 9.17) is 4.74 Å². The lowest BCUT2D eigenvalue weighted by Gasteiger charge is -2.30. The molecule has 172 valence electrons. The maximum Gasteiger partial charge on any atom is 0.145 e. The molecule has 0 radical (unpaired) electrons. The van der Waals surface area contributed by atoms with Crippen LogP contribution in [0.2, 0.25) is 0 Å². The van der Waals surface area contributed by atoms with Crippen molar-refractivity contribution in [1.29, 1.82) is 0 Å². The number of benzene rings is 2. The Morgan fingerprint density at radius 1 is 1.16 bits per heavy atom. The Balaban J connectivity index is 2.24. The molecule has 1 unspecified atom stereocenters. The summed E-state index contributed by atoms with van der Waals surface area (Å²) in [6, 6.07) is 12.5. The van der Waals surface area contributed by atoms with Gasteiger partial charge in [0.25, 0.3) is 0 Å². The average molecular weight is 441 g/mol. The van der Waals surface area contributed by atoms with Gasteiger partial charge in [0.2, 0.25) is 0 Å². The molecule has 0 amide bonds. The summed E-state index contributed by atoms with van der Waals surface area (Å²) in [5.74, 6) is -0.303. The van der Waals surface area contributed by atoms with Crippen LogP contribution in [0.1, 0.15) is 18.1 Å². The highest BCUT2D eigenvalue weighted by atomic mass is 19.1. The second-order valence-electron chi connectivity index (χ2n) is 7.29. The monoisotopic (exact) mass is 440 g/mol. The maximum absolute atomic E-state index is 13.4. The number of nitrogens with one attached hydrogen (secondary N) is 2. The first-order chi connectivity index (χ1) is 15.5. The molecule has 0 heterocycles. The van der Waals surface area contributed by atoms with Gasteiger partial charge in [-0.25, -0.2) is 4.39 Å². The number of allylic oxidation sites excluding steroid dienone is 1. The van der Waals surface area contributed by atoms with Gasteiger partial charge in [-0.3, -0.25) is 9.89 Å². The van der Waals surface area contributed by atoms with Crippen molar-refractivity contribution in [3.05, 3.63) is 71.1 Å². The Kier molecular flexibility index (Phi) is 10.0. The number of aldehydes is 1. The van der Waals surface area contributed by atoms with E-state index < -0.39 is 6.23 Å². The Bertz CT molecular complexity index is 941. The number of nitrogens with zero attached hydrogens (tertiary/aromatic N) is 2. The van der Waals surface area contributed by atoms with Gasteiger partial charge in [-0.15, -0.1) is 0 Å². The minimum absolute atomic E-state index is 0.0342. The smallest absolute Gasteiger partial charge is 0.145 e. The SMILES string of the molecule is C/C=C(\C(=NC)c1ccc(F)cc1)C(OCC=O)N(C)CCc1ccc(NC)c(NC)c1. The van der Waals surface area contributed by atoms with Crippen LogP contribution in [0.5, 0.6) is 0 Å². The average Bonchev–Trinajstić information content (AvgIpc) is 2.82. The summed E-state index contributed by atoms with van der Waals surface area (Å²) in [6.07, 6.45) is 2.99. The molecular formula is C25H33FN4O2. The molecule has 2 aromatic rings. The molecule has 2 N–H and O–H groups in total. The quantitative estimate of drug-likeness (QED) is 0.297. The van der Waals surface area contributed by atoms with Crippen molar-refractivity contribution in [2.75, 3.05) is 52.0 Å². The molecule has 32 heavy (non-hydrogen) atoms. The Labute approximate surface area is 190 Å². The highest BCUT2D eigenvalue weighted by molar-refractivity contribution is 6.13. The predicted octanol–water partition coefficient (Wildman–Crippen LogP) is 3.99. The third-order valence-corrected chi connectivity index (χ3v) is 5.29. The summed E-state index contributed by atoms with van der Waals surface area (Å²) < 4.78 is 19.3. The van der Waals surface area contributed by atoms with Crippen molar-refractivity contribution in [3.8, 4) is 0 Å². The molecule has 0 saturated carbocycles. The molecule has 0 bridgehead atoms. The molecule has 2 aromatic carbocycles. The summed E-state index contributed by atoms with van der Waals surface area (Å²) in [5.41, 5.74) is 5.56. The summed E-state index contributed by atoms with van der Waals surface area (Å²) >= 11 is 0. The van der Waals surface area contributed by atoms with E-state index in [1.165, 1.54) is 17.7 Å². The zero-order valence-corrected chi connectivity index (χ0v) is 19.5. The van der Waals surface area contributed by atoms with E-state index in [2.05, 4.69) is 38.7 Å². The molecule has 0 aliphatic rings. The molecule has 0 aliphatic heterocycles. The van der Waals surface area contributed by atoms with Gasteiger partial charge in [0.05, 0.1) is 17.1 Å². The van der Waals surface area contributed by atoms with Crippen molar-refractivity contribution in [2.45, 2.75) is 19.6 Å². The molecule has 0 spiro atoms. The predicted molar refractivity (Wildman–Crippen MR) is 130 cm³/mol. The van der Waals surface area contributed by atoms with E-state index in [-0.39, 0.29) is 12.4 Å². The van der Waals surface area contributed by atoms with Gasteiger partial charge in [0, 0.05) is 38.8 Å². The fraction of sp³-hybridized carbons (Fsp3) is 0.360. The first-order valence-corrected chi connectivity index (χ1v) is 10.6. The van der Waals surface area contributed by atoms with Crippen LogP contribution in [0.15, 0.2) is 59.1 Å². The third-order valence-electron chi connectivity index (χ3n) is 5.29. The highest BCUT2D eigenvalue weighted by Crippen LogP contribution is 2.23. The number of ether oxygens (including phenoxy) is 1. The lowest BCUT2D eigenvalue weighted by Crippen LogP contribution is -2.40. The van der Waals surface area contributed by atoms with Crippen molar-refractivity contribution in [2.24, 2.45) is 4.99 Å². The molecule has 1 atom stereocenters. The van der Waals surface area contributed by atoms with Gasteiger partial charge >= 0.3 is 0 Å². The topological polar surface area (TPSA) is 66.0 Å². The van der Waals surface area contributed by atoms with Crippen LogP contribution in [0.4, 0.5) is 15.8 Å². The zero-order chi connectivity index (χ0) is 23.5. The first kappa shape index (κ1) is 25.2. The zero-order valence-electron chi connectivity index (χ0n) is 19.5. The summed E-state index contributed by atoms with van der Waals surface area (Å²) in [6.45, 7) is 2.57. The molecule has 0 aromatic heterocycles. The maximum atomic E-state index is 13.4. The van der Waals surface area contributed by atoms with Gasteiger partial charge in [-0.05, 0) is 62.4 Å². The lowest BCUT2D eigenvalue weighted by molar-refractivity contribution is -0.116. The Hall–Kier alpha value is -3.03. The number of rotatable bonds is 12. The van der Waals surface area contributed by atoms with Crippen LogP contribution in [0.25, 0.3) is 0 Å². The number of anilines is 2. The molecule has 0 aliphatic carbocycles. The van der Waals surface area contributed by atoms with E-state index in [1.54, 1.807) is 19.2 Å². The van der Waals surface area contributed by atoms with E-state index in [0.717, 1.165) is 35.2 Å². The number of aliphatic imine (C=N–C) groups is 1. The van der Waals surface area contributed by atoms with Crippen molar-refractivity contribution < 1.29 is 13.9 Å². The number of likely N-dealkylation sites (N-methyl/N-ethyl adjacent to an activating group) is 1. The molecule has 0 fully saturated rings. The fourth-order valence-corrected chi connectivity index (χ4v) is 3.61. The minimum Gasteiger partial charge on any atom is -0.386 e. The van der Waals surface area contributed by atoms with Crippen LogP contribution in [-0.4, -0.2) is 64.5 Å². The van der Waals surface area contributed by atoms with Crippen LogP contribution in [0, 0.1) is 5.82 Å². The van der Waals surface area contributed by atoms with Gasteiger partial charge in [0.1, 0.15) is 24.9 Å². The standard InChI is InChI=1S/C25H33FN4O2/c1-6-21(24(29-4)19-8-10-20(26)11-9-19)25(32-16-15-31)30(5)14-13-18-7-12-22(27-2)23(17-18)28-3/h6-12,15,17,25,27-28H,13-14,16H2,1-5H3/b21-6+,29-24?.